The Balaban J connectivity index is 2.05. The summed E-state index contributed by atoms with van der Waals surface area (Å²) in [6.45, 7) is -0.410. The van der Waals surface area contributed by atoms with Gasteiger partial charge in [-0.05, 0) is 0 Å². The van der Waals surface area contributed by atoms with Crippen LogP contribution in [0.1, 0.15) is 0 Å². The van der Waals surface area contributed by atoms with E-state index in [2.05, 4.69) is 10.3 Å². The highest BCUT2D eigenvalue weighted by Gasteiger charge is 2.22. The Hall–Kier alpha value is -1.61. The quantitative estimate of drug-likeness (QED) is 0.461. The third-order valence-corrected chi connectivity index (χ3v) is 3.52. The second-order valence-electron chi connectivity index (χ2n) is 4.16. The molecule has 1 heterocycles. The molecule has 0 aliphatic rings. The Morgan fingerprint density at radius 3 is 2.83 bits per heavy atom. The number of thiazole rings is 1. The summed E-state index contributed by atoms with van der Waals surface area (Å²) >= 11 is 17.5. The molecule has 11 heteroatoms. The van der Waals surface area contributed by atoms with Gasteiger partial charge in [-0.1, -0.05) is 46.9 Å². The molecule has 2 rings (SSSR count). The molecule has 2 aromatic rings. The minimum atomic E-state index is -1.70. The van der Waals surface area contributed by atoms with Gasteiger partial charge in [0.15, 0.2) is 5.13 Å². The molecule has 0 unspecified atom stereocenters. The number of anilines is 1. The van der Waals surface area contributed by atoms with Crippen molar-refractivity contribution in [2.45, 2.75) is 3.79 Å². The lowest BCUT2D eigenvalue weighted by molar-refractivity contribution is -0.384. The normalized spacial score (nSPS) is 11.1. The molecule has 1 amide bonds. The molecule has 0 atom stereocenters. The molecule has 1 aromatic carbocycles. The fraction of sp³-hybridized carbons (Fsp3) is 0.167. The number of amides is 1. The summed E-state index contributed by atoms with van der Waals surface area (Å²) in [6, 6.07) is 5.99. The first-order chi connectivity index (χ1) is 10.7. The SMILES string of the molecule is O=C(Nc1nc(-c2cccc([N+](=O)[O-])c2)cs1)OCC(Cl)(Cl)Cl. The predicted molar refractivity (Wildman–Crippen MR) is 89.5 cm³/mol. The standard InChI is InChI=1S/C12H8Cl3N3O4S/c13-12(14,15)6-22-11(19)17-10-16-9(5-23-10)7-2-1-3-8(4-7)18(20)21/h1-5H,6H2,(H,16,17,19). The van der Waals surface area contributed by atoms with Crippen LogP contribution < -0.4 is 5.32 Å². The van der Waals surface area contributed by atoms with Crippen LogP contribution in [0.5, 0.6) is 0 Å². The summed E-state index contributed by atoms with van der Waals surface area (Å²) in [4.78, 5) is 25.9. The number of alkyl halides is 3. The maximum atomic E-state index is 11.5. The van der Waals surface area contributed by atoms with Gasteiger partial charge in [-0.2, -0.15) is 0 Å². The van der Waals surface area contributed by atoms with E-state index < -0.39 is 21.4 Å². The molecule has 0 aliphatic heterocycles. The maximum absolute atomic E-state index is 11.5. The summed E-state index contributed by atoms with van der Waals surface area (Å²) in [5.41, 5.74) is 0.987. The van der Waals surface area contributed by atoms with Crippen molar-refractivity contribution >= 4 is 63.1 Å². The molecule has 122 valence electrons. The Bertz CT molecular complexity index is 732. The summed E-state index contributed by atoms with van der Waals surface area (Å²) < 4.78 is 3.01. The maximum Gasteiger partial charge on any atom is 0.413 e. The van der Waals surface area contributed by atoms with Crippen molar-refractivity contribution in [1.82, 2.24) is 4.98 Å². The fourth-order valence-corrected chi connectivity index (χ4v) is 2.38. The van der Waals surface area contributed by atoms with Gasteiger partial charge >= 0.3 is 6.09 Å². The molecule has 0 fully saturated rings. The molecule has 7 nitrogen and oxygen atoms in total. The summed E-state index contributed by atoms with van der Waals surface area (Å²) in [7, 11) is 0. The number of nitrogens with zero attached hydrogens (tertiary/aromatic N) is 2. The first kappa shape index (κ1) is 17.7. The zero-order valence-electron chi connectivity index (χ0n) is 11.2. The van der Waals surface area contributed by atoms with E-state index in [9.17, 15) is 14.9 Å². The largest absolute Gasteiger partial charge is 0.445 e. The Labute approximate surface area is 149 Å². The van der Waals surface area contributed by atoms with Crippen LogP contribution >= 0.6 is 46.1 Å². The monoisotopic (exact) mass is 395 g/mol. The van der Waals surface area contributed by atoms with Crippen molar-refractivity contribution in [2.75, 3.05) is 11.9 Å². The number of benzene rings is 1. The molecular formula is C12H8Cl3N3O4S. The zero-order valence-corrected chi connectivity index (χ0v) is 14.2. The van der Waals surface area contributed by atoms with Gasteiger partial charge in [0.1, 0.15) is 6.61 Å². The number of nitro groups is 1. The van der Waals surface area contributed by atoms with E-state index in [1.807, 2.05) is 0 Å². The van der Waals surface area contributed by atoms with Crippen molar-refractivity contribution in [3.05, 3.63) is 39.8 Å². The summed E-state index contributed by atoms with van der Waals surface area (Å²) in [5.74, 6) is 0. The lowest BCUT2D eigenvalue weighted by atomic mass is 10.1. The first-order valence-electron chi connectivity index (χ1n) is 5.95. The zero-order chi connectivity index (χ0) is 17.0. The van der Waals surface area contributed by atoms with Gasteiger partial charge in [0, 0.05) is 23.1 Å². The number of halogens is 3. The highest BCUT2D eigenvalue weighted by molar-refractivity contribution is 7.14. The van der Waals surface area contributed by atoms with Crippen LogP contribution in [0.4, 0.5) is 15.6 Å². The van der Waals surface area contributed by atoms with Crippen molar-refractivity contribution in [1.29, 1.82) is 0 Å². The molecule has 0 aliphatic carbocycles. The lowest BCUT2D eigenvalue weighted by Gasteiger charge is -2.10. The highest BCUT2D eigenvalue weighted by Crippen LogP contribution is 2.28. The van der Waals surface area contributed by atoms with Crippen LogP contribution in [-0.4, -0.2) is 26.4 Å². The van der Waals surface area contributed by atoms with E-state index in [1.54, 1.807) is 17.5 Å². The predicted octanol–water partition coefficient (Wildman–Crippen LogP) is 4.64. The molecule has 1 aromatic heterocycles. The third-order valence-electron chi connectivity index (χ3n) is 2.43. The van der Waals surface area contributed by atoms with Gasteiger partial charge in [0.05, 0.1) is 10.6 Å². The molecule has 0 spiro atoms. The number of carbonyl (C=O) groups excluding carboxylic acids is 1. The molecular weight excluding hydrogens is 389 g/mol. The number of nitrogens with one attached hydrogen (secondary N) is 1. The van der Waals surface area contributed by atoms with Gasteiger partial charge in [-0.3, -0.25) is 15.4 Å². The molecule has 0 bridgehead atoms. The molecule has 1 N–H and O–H groups in total. The van der Waals surface area contributed by atoms with Crippen LogP contribution in [0.15, 0.2) is 29.6 Å². The summed E-state index contributed by atoms with van der Waals surface area (Å²) in [5, 5.41) is 15.0. The fourth-order valence-electron chi connectivity index (χ4n) is 1.51. The number of hydrogen-bond acceptors (Lipinski definition) is 6. The molecule has 0 radical (unpaired) electrons. The van der Waals surface area contributed by atoms with Gasteiger partial charge in [0.25, 0.3) is 5.69 Å². The Morgan fingerprint density at radius 1 is 1.43 bits per heavy atom. The number of aromatic nitrogens is 1. The number of nitro benzene ring substituents is 1. The van der Waals surface area contributed by atoms with Crippen LogP contribution in [0.2, 0.25) is 0 Å². The smallest absolute Gasteiger partial charge is 0.413 e. The van der Waals surface area contributed by atoms with Crippen LogP contribution in [-0.2, 0) is 4.74 Å². The molecule has 23 heavy (non-hydrogen) atoms. The van der Waals surface area contributed by atoms with Crippen LogP contribution in [0.3, 0.4) is 0 Å². The second-order valence-corrected chi connectivity index (χ2v) is 7.54. The van der Waals surface area contributed by atoms with E-state index >= 15 is 0 Å². The van der Waals surface area contributed by atoms with Gasteiger partial charge in [-0.25, -0.2) is 9.78 Å². The highest BCUT2D eigenvalue weighted by atomic mass is 35.6. The topological polar surface area (TPSA) is 94.4 Å². The number of non-ortho nitro benzene ring substituents is 1. The Kier molecular flexibility index (Phi) is 5.64. The van der Waals surface area contributed by atoms with E-state index in [4.69, 9.17) is 39.5 Å². The lowest BCUT2D eigenvalue weighted by Crippen LogP contribution is -2.21. The van der Waals surface area contributed by atoms with Crippen molar-refractivity contribution in [2.24, 2.45) is 0 Å². The molecule has 0 saturated carbocycles. The third kappa shape index (κ3) is 5.51. The van der Waals surface area contributed by atoms with E-state index in [0.29, 0.717) is 11.3 Å². The molecule has 0 saturated heterocycles. The van der Waals surface area contributed by atoms with Crippen molar-refractivity contribution in [3.8, 4) is 11.3 Å². The van der Waals surface area contributed by atoms with Crippen molar-refractivity contribution < 1.29 is 14.5 Å². The average Bonchev–Trinajstić information content (AvgIpc) is 2.93. The second kappa shape index (κ2) is 7.31. The minimum absolute atomic E-state index is 0.0490. The minimum Gasteiger partial charge on any atom is -0.445 e. The van der Waals surface area contributed by atoms with Crippen LogP contribution in [0, 0.1) is 10.1 Å². The van der Waals surface area contributed by atoms with E-state index in [0.717, 1.165) is 11.3 Å². The number of rotatable bonds is 4. The Morgan fingerprint density at radius 2 is 2.17 bits per heavy atom. The summed E-state index contributed by atoms with van der Waals surface area (Å²) in [6.07, 6.45) is -0.823. The van der Waals surface area contributed by atoms with Crippen LogP contribution in [0.25, 0.3) is 11.3 Å². The number of hydrogen-bond donors (Lipinski definition) is 1. The van der Waals surface area contributed by atoms with E-state index in [-0.39, 0.29) is 10.8 Å². The van der Waals surface area contributed by atoms with Crippen molar-refractivity contribution in [3.63, 3.8) is 0 Å². The van der Waals surface area contributed by atoms with E-state index in [1.165, 1.54) is 12.1 Å². The average molecular weight is 397 g/mol. The van der Waals surface area contributed by atoms with Gasteiger partial charge in [-0.15, -0.1) is 11.3 Å². The van der Waals surface area contributed by atoms with Gasteiger partial charge in [0.2, 0.25) is 3.79 Å². The number of ether oxygens (including phenoxy) is 1. The van der Waals surface area contributed by atoms with Gasteiger partial charge < -0.3 is 4.74 Å². The number of carbonyl (C=O) groups is 1. The first-order valence-corrected chi connectivity index (χ1v) is 7.97.